The summed E-state index contributed by atoms with van der Waals surface area (Å²) in [4.78, 5) is 42.5. The van der Waals surface area contributed by atoms with Crippen molar-refractivity contribution >= 4 is 23.3 Å². The molecule has 0 bridgehead atoms. The third-order valence-electron chi connectivity index (χ3n) is 6.12. The molecule has 5 rings (SSSR count). The fraction of sp³-hybridized carbons (Fsp3) is 0.320. The Balaban J connectivity index is 1.45. The zero-order valence-electron chi connectivity index (χ0n) is 18.4. The van der Waals surface area contributed by atoms with Crippen LogP contribution in [0.3, 0.4) is 0 Å². The van der Waals surface area contributed by atoms with Crippen LogP contribution in [0.15, 0.2) is 60.9 Å². The van der Waals surface area contributed by atoms with Crippen molar-refractivity contribution in [3.05, 3.63) is 66.7 Å². The van der Waals surface area contributed by atoms with E-state index >= 15 is 0 Å². The van der Waals surface area contributed by atoms with Crippen LogP contribution >= 0.6 is 0 Å². The Morgan fingerprint density at radius 1 is 1.06 bits per heavy atom. The number of carbonyl (C=O) groups is 2. The summed E-state index contributed by atoms with van der Waals surface area (Å²) in [7, 11) is 0. The first-order valence-electron chi connectivity index (χ1n) is 11.4. The molecule has 2 aliphatic rings. The van der Waals surface area contributed by atoms with Crippen LogP contribution < -0.4 is 5.32 Å². The molecule has 1 N–H and O–H groups in total. The van der Waals surface area contributed by atoms with Gasteiger partial charge in [-0.25, -0.2) is 9.97 Å². The van der Waals surface area contributed by atoms with Crippen molar-refractivity contribution in [2.24, 2.45) is 0 Å². The van der Waals surface area contributed by atoms with Crippen molar-refractivity contribution in [3.63, 3.8) is 0 Å². The molecule has 2 saturated heterocycles. The van der Waals surface area contributed by atoms with E-state index in [0.717, 1.165) is 36.2 Å². The number of rotatable bonds is 6. The van der Waals surface area contributed by atoms with Gasteiger partial charge in [0, 0.05) is 49.2 Å². The second-order valence-corrected chi connectivity index (χ2v) is 8.39. The van der Waals surface area contributed by atoms with Crippen LogP contribution in [0.25, 0.3) is 11.3 Å². The summed E-state index contributed by atoms with van der Waals surface area (Å²) in [5.74, 6) is 1.29. The number of carbonyl (C=O) groups excluding carboxylic acids is 2. The number of hydrogen-bond acceptors (Lipinski definition) is 6. The molecule has 8 nitrogen and oxygen atoms in total. The molecule has 0 spiro atoms. The lowest BCUT2D eigenvalue weighted by Gasteiger charge is -2.26. The molecule has 3 aromatic rings. The van der Waals surface area contributed by atoms with Gasteiger partial charge in [-0.05, 0) is 43.5 Å². The highest BCUT2D eigenvalue weighted by Crippen LogP contribution is 2.33. The first-order chi connectivity index (χ1) is 16.2. The van der Waals surface area contributed by atoms with E-state index in [2.05, 4.69) is 10.3 Å². The zero-order chi connectivity index (χ0) is 22.6. The van der Waals surface area contributed by atoms with Crippen LogP contribution in [0.4, 0.5) is 11.5 Å². The van der Waals surface area contributed by atoms with Gasteiger partial charge in [0.2, 0.25) is 11.8 Å². The predicted octanol–water partition coefficient (Wildman–Crippen LogP) is 3.57. The van der Waals surface area contributed by atoms with Crippen LogP contribution in [0, 0.1) is 0 Å². The quantitative estimate of drug-likeness (QED) is 0.628. The average molecular weight is 443 g/mol. The molecule has 1 atom stereocenters. The van der Waals surface area contributed by atoms with Gasteiger partial charge in [-0.15, -0.1) is 0 Å². The van der Waals surface area contributed by atoms with Gasteiger partial charge in [-0.3, -0.25) is 14.6 Å². The lowest BCUT2D eigenvalue weighted by molar-refractivity contribution is -0.139. The fourth-order valence-corrected chi connectivity index (χ4v) is 4.47. The van der Waals surface area contributed by atoms with Crippen molar-refractivity contribution in [1.82, 2.24) is 24.8 Å². The van der Waals surface area contributed by atoms with E-state index in [9.17, 15) is 9.59 Å². The number of hydrogen-bond donors (Lipinski definition) is 1. The Labute approximate surface area is 192 Å². The third-order valence-corrected chi connectivity index (χ3v) is 6.12. The smallest absolute Gasteiger partial charge is 0.242 e. The van der Waals surface area contributed by atoms with Crippen molar-refractivity contribution in [1.29, 1.82) is 0 Å². The number of para-hydroxylation sites is 1. The predicted molar refractivity (Wildman–Crippen MR) is 124 cm³/mol. The first-order valence-corrected chi connectivity index (χ1v) is 11.4. The molecule has 0 aliphatic carbocycles. The molecule has 2 aliphatic heterocycles. The van der Waals surface area contributed by atoms with E-state index in [1.165, 1.54) is 0 Å². The summed E-state index contributed by atoms with van der Waals surface area (Å²) >= 11 is 0. The minimum atomic E-state index is -0.219. The summed E-state index contributed by atoms with van der Waals surface area (Å²) in [6.45, 7) is 1.43. The molecule has 33 heavy (non-hydrogen) atoms. The Hall–Kier alpha value is -3.81. The highest BCUT2D eigenvalue weighted by molar-refractivity contribution is 5.86. The SMILES string of the molecule is O=C1CCCN1CC(=O)N1CCCC1c1nc(Nc2ccccc2)cc(-c2cccnc2)n1. The van der Waals surface area contributed by atoms with Crippen molar-refractivity contribution < 1.29 is 9.59 Å². The zero-order valence-corrected chi connectivity index (χ0v) is 18.4. The summed E-state index contributed by atoms with van der Waals surface area (Å²) in [5.41, 5.74) is 2.56. The summed E-state index contributed by atoms with van der Waals surface area (Å²) in [6.07, 6.45) is 6.52. The Morgan fingerprint density at radius 2 is 1.94 bits per heavy atom. The lowest BCUT2D eigenvalue weighted by atomic mass is 10.1. The van der Waals surface area contributed by atoms with Gasteiger partial charge in [0.15, 0.2) is 5.82 Å². The maximum absolute atomic E-state index is 13.1. The van der Waals surface area contributed by atoms with Crippen molar-refractivity contribution in [3.8, 4) is 11.3 Å². The van der Waals surface area contributed by atoms with Crippen LogP contribution in [0.2, 0.25) is 0 Å². The first kappa shape index (κ1) is 21.1. The molecule has 2 amide bonds. The van der Waals surface area contributed by atoms with Crippen molar-refractivity contribution in [2.75, 3.05) is 25.0 Å². The van der Waals surface area contributed by atoms with E-state index in [1.54, 1.807) is 17.3 Å². The normalized spacial score (nSPS) is 18.1. The molecule has 1 aromatic carbocycles. The number of benzene rings is 1. The van der Waals surface area contributed by atoms with Gasteiger partial charge in [0.05, 0.1) is 18.3 Å². The number of pyridine rings is 1. The van der Waals surface area contributed by atoms with Crippen LogP contribution in [-0.2, 0) is 9.59 Å². The lowest BCUT2D eigenvalue weighted by Crippen LogP contribution is -2.40. The minimum absolute atomic E-state index is 0.0410. The number of anilines is 2. The largest absolute Gasteiger partial charge is 0.340 e. The maximum atomic E-state index is 13.1. The molecule has 1 unspecified atom stereocenters. The number of nitrogens with zero attached hydrogens (tertiary/aromatic N) is 5. The molecule has 0 saturated carbocycles. The van der Waals surface area contributed by atoms with E-state index in [0.29, 0.717) is 31.2 Å². The second-order valence-electron chi connectivity index (χ2n) is 8.39. The van der Waals surface area contributed by atoms with Crippen LogP contribution in [-0.4, -0.2) is 56.2 Å². The van der Waals surface area contributed by atoms with Gasteiger partial charge in [-0.2, -0.15) is 0 Å². The maximum Gasteiger partial charge on any atom is 0.242 e. The minimum Gasteiger partial charge on any atom is -0.340 e. The van der Waals surface area contributed by atoms with Crippen LogP contribution in [0.1, 0.15) is 37.5 Å². The molecule has 4 heterocycles. The third kappa shape index (κ3) is 4.69. The topological polar surface area (TPSA) is 91.3 Å². The monoisotopic (exact) mass is 442 g/mol. The molecule has 2 fully saturated rings. The number of aromatic nitrogens is 3. The van der Waals surface area contributed by atoms with Gasteiger partial charge in [-0.1, -0.05) is 18.2 Å². The standard InChI is InChI=1S/C25H26N6O2/c32-23-11-6-13-30(23)17-24(33)31-14-5-10-21(31)25-28-20(18-7-4-12-26-16-18)15-22(29-25)27-19-8-2-1-3-9-19/h1-4,7-9,12,15-16,21H,5-6,10-11,13-14,17H2,(H,27,28,29). The molecule has 168 valence electrons. The summed E-state index contributed by atoms with van der Waals surface area (Å²) in [6, 6.07) is 15.4. The van der Waals surface area contributed by atoms with Gasteiger partial charge in [0.25, 0.3) is 0 Å². The van der Waals surface area contributed by atoms with Crippen LogP contribution in [0.5, 0.6) is 0 Å². The Morgan fingerprint density at radius 3 is 2.70 bits per heavy atom. The fourth-order valence-electron chi connectivity index (χ4n) is 4.47. The van der Waals surface area contributed by atoms with Gasteiger partial charge in [0.1, 0.15) is 5.82 Å². The number of likely N-dealkylation sites (tertiary alicyclic amines) is 2. The molecule has 8 heteroatoms. The summed E-state index contributed by atoms with van der Waals surface area (Å²) < 4.78 is 0. The van der Waals surface area contributed by atoms with E-state index in [1.807, 2.05) is 53.4 Å². The average Bonchev–Trinajstić information content (AvgIpc) is 3.50. The second kappa shape index (κ2) is 9.36. The van der Waals surface area contributed by atoms with Gasteiger partial charge < -0.3 is 15.1 Å². The molecule has 0 radical (unpaired) electrons. The highest BCUT2D eigenvalue weighted by atomic mass is 16.2. The molecular weight excluding hydrogens is 416 g/mol. The Kier molecular flexibility index (Phi) is 5.97. The Bertz CT molecular complexity index is 1140. The van der Waals surface area contributed by atoms with Crippen molar-refractivity contribution in [2.45, 2.75) is 31.7 Å². The highest BCUT2D eigenvalue weighted by Gasteiger charge is 2.34. The van der Waals surface area contributed by atoms with E-state index < -0.39 is 0 Å². The molecule has 2 aromatic heterocycles. The van der Waals surface area contributed by atoms with Gasteiger partial charge >= 0.3 is 0 Å². The summed E-state index contributed by atoms with van der Waals surface area (Å²) in [5, 5.41) is 3.36. The van der Waals surface area contributed by atoms with E-state index in [4.69, 9.17) is 9.97 Å². The number of nitrogens with one attached hydrogen (secondary N) is 1. The van der Waals surface area contributed by atoms with E-state index in [-0.39, 0.29) is 24.4 Å². The molecular formula is C25H26N6O2. The number of amides is 2.